The Hall–Kier alpha value is -2.52. The average molecular weight is 448 g/mol. The maximum absolute atomic E-state index is 12.8. The van der Waals surface area contributed by atoms with Crippen molar-refractivity contribution in [3.05, 3.63) is 35.9 Å². The number of carbonyl (C=O) groups excluding carboxylic acids is 3. The summed E-state index contributed by atoms with van der Waals surface area (Å²) in [4.78, 5) is 38.9. The van der Waals surface area contributed by atoms with Crippen LogP contribution in [0.25, 0.3) is 0 Å². The van der Waals surface area contributed by atoms with E-state index in [0.29, 0.717) is 31.6 Å². The molecule has 3 amide bonds. The highest BCUT2D eigenvalue weighted by molar-refractivity contribution is 7.89. The van der Waals surface area contributed by atoms with E-state index in [1.54, 1.807) is 26.8 Å². The van der Waals surface area contributed by atoms with Gasteiger partial charge in [0.2, 0.25) is 27.7 Å². The number of nitrogens with zero attached hydrogens (tertiary/aromatic N) is 2. The number of sulfonamides is 1. The zero-order valence-corrected chi connectivity index (χ0v) is 18.9. The van der Waals surface area contributed by atoms with Crippen molar-refractivity contribution in [1.29, 1.82) is 0 Å². The molecule has 8 nitrogen and oxygen atoms in total. The summed E-state index contributed by atoms with van der Waals surface area (Å²) in [5.41, 5.74) is 1.12. The maximum atomic E-state index is 12.8. The van der Waals surface area contributed by atoms with E-state index in [4.69, 9.17) is 0 Å². The Balaban J connectivity index is 1.67. The van der Waals surface area contributed by atoms with Crippen LogP contribution >= 0.6 is 0 Å². The van der Waals surface area contributed by atoms with Crippen molar-refractivity contribution in [2.24, 2.45) is 11.8 Å². The van der Waals surface area contributed by atoms with Crippen LogP contribution in [0.4, 0.5) is 5.69 Å². The summed E-state index contributed by atoms with van der Waals surface area (Å²) in [5, 5.41) is 2.73. The number of hydrogen-bond acceptors (Lipinski definition) is 5. The smallest absolute Gasteiger partial charge is 0.243 e. The Labute approximate surface area is 183 Å². The molecule has 3 rings (SSSR count). The van der Waals surface area contributed by atoms with Gasteiger partial charge in [-0.3, -0.25) is 19.3 Å². The van der Waals surface area contributed by atoms with Crippen molar-refractivity contribution in [1.82, 2.24) is 9.21 Å². The first kappa shape index (κ1) is 23.1. The quantitative estimate of drug-likeness (QED) is 0.486. The van der Waals surface area contributed by atoms with Gasteiger partial charge in [0.15, 0.2) is 0 Å². The molecule has 0 spiro atoms. The SMILES string of the molecule is CCN(CC)S(=O)(=O)c1ccc(C)c(NC(=O)CCN2C(=O)[C@H]3CC=CC[C@H]3C2=O)c1. The Kier molecular flexibility index (Phi) is 6.96. The predicted molar refractivity (Wildman–Crippen MR) is 117 cm³/mol. The van der Waals surface area contributed by atoms with Gasteiger partial charge in [0.1, 0.15) is 0 Å². The zero-order chi connectivity index (χ0) is 22.8. The lowest BCUT2D eigenvalue weighted by atomic mass is 9.85. The molecule has 1 aromatic carbocycles. The second-order valence-electron chi connectivity index (χ2n) is 7.85. The summed E-state index contributed by atoms with van der Waals surface area (Å²) >= 11 is 0. The largest absolute Gasteiger partial charge is 0.326 e. The molecule has 1 aromatic rings. The molecule has 1 aliphatic carbocycles. The van der Waals surface area contributed by atoms with Gasteiger partial charge in [-0.1, -0.05) is 32.1 Å². The van der Waals surface area contributed by atoms with Crippen molar-refractivity contribution < 1.29 is 22.8 Å². The second-order valence-corrected chi connectivity index (χ2v) is 9.79. The summed E-state index contributed by atoms with van der Waals surface area (Å²) < 4.78 is 26.9. The van der Waals surface area contributed by atoms with Crippen LogP contribution in [0.15, 0.2) is 35.2 Å². The fourth-order valence-corrected chi connectivity index (χ4v) is 5.61. The summed E-state index contributed by atoms with van der Waals surface area (Å²) in [6.45, 7) is 6.03. The number of allylic oxidation sites excluding steroid dienone is 2. The van der Waals surface area contributed by atoms with Gasteiger partial charge >= 0.3 is 0 Å². The van der Waals surface area contributed by atoms with Crippen LogP contribution in [-0.4, -0.2) is 55.0 Å². The standard InChI is InChI=1S/C22H29N3O5S/c1-4-24(5-2)31(29,30)16-11-10-15(3)19(14-16)23-20(26)12-13-25-21(27)17-8-6-7-9-18(17)22(25)28/h6-7,10-11,14,17-18H,4-5,8-9,12-13H2,1-3H3,(H,23,26)/t17-,18+. The van der Waals surface area contributed by atoms with Gasteiger partial charge in [0.05, 0.1) is 16.7 Å². The van der Waals surface area contributed by atoms with Gasteiger partial charge < -0.3 is 5.32 Å². The maximum Gasteiger partial charge on any atom is 0.243 e. The van der Waals surface area contributed by atoms with E-state index in [2.05, 4.69) is 5.32 Å². The molecule has 0 unspecified atom stereocenters. The monoisotopic (exact) mass is 447 g/mol. The van der Waals surface area contributed by atoms with Crippen LogP contribution in [-0.2, 0) is 24.4 Å². The number of carbonyl (C=O) groups is 3. The number of amides is 3. The van der Waals surface area contributed by atoms with Crippen molar-refractivity contribution >= 4 is 33.4 Å². The lowest BCUT2D eigenvalue weighted by Gasteiger charge is -2.19. The first-order valence-electron chi connectivity index (χ1n) is 10.6. The summed E-state index contributed by atoms with van der Waals surface area (Å²) in [7, 11) is -3.65. The third-order valence-electron chi connectivity index (χ3n) is 5.99. The molecular formula is C22H29N3O5S. The van der Waals surface area contributed by atoms with Gasteiger partial charge in [-0.2, -0.15) is 4.31 Å². The van der Waals surface area contributed by atoms with Crippen molar-refractivity contribution in [2.75, 3.05) is 25.0 Å². The van der Waals surface area contributed by atoms with Crippen LogP contribution in [0.1, 0.15) is 38.7 Å². The highest BCUT2D eigenvalue weighted by atomic mass is 32.2. The Bertz CT molecular complexity index is 988. The zero-order valence-electron chi connectivity index (χ0n) is 18.1. The van der Waals surface area contributed by atoms with Gasteiger partial charge in [0, 0.05) is 31.7 Å². The number of likely N-dealkylation sites (tertiary alicyclic amines) is 1. The minimum Gasteiger partial charge on any atom is -0.326 e. The molecule has 168 valence electrons. The predicted octanol–water partition coefficient (Wildman–Crippen LogP) is 2.31. The molecule has 1 aliphatic heterocycles. The lowest BCUT2D eigenvalue weighted by Crippen LogP contribution is -2.34. The van der Waals surface area contributed by atoms with Crippen molar-refractivity contribution in [3.8, 4) is 0 Å². The first-order chi connectivity index (χ1) is 14.7. The lowest BCUT2D eigenvalue weighted by molar-refractivity contribution is -0.140. The Morgan fingerprint density at radius 2 is 1.68 bits per heavy atom. The number of rotatable bonds is 8. The second kappa shape index (κ2) is 9.32. The normalized spacial score (nSPS) is 21.0. The number of benzene rings is 1. The molecular weight excluding hydrogens is 418 g/mol. The van der Waals surface area contributed by atoms with Crippen LogP contribution in [0.5, 0.6) is 0 Å². The molecule has 0 aromatic heterocycles. The fraction of sp³-hybridized carbons (Fsp3) is 0.500. The van der Waals surface area contributed by atoms with Gasteiger partial charge in [-0.25, -0.2) is 8.42 Å². The highest BCUT2D eigenvalue weighted by Crippen LogP contribution is 2.35. The number of hydrogen-bond donors (Lipinski definition) is 1. The Morgan fingerprint density at radius 3 is 2.23 bits per heavy atom. The molecule has 1 saturated heterocycles. The average Bonchev–Trinajstić information content (AvgIpc) is 2.99. The van der Waals surface area contributed by atoms with Crippen LogP contribution in [0.3, 0.4) is 0 Å². The van der Waals surface area contributed by atoms with Gasteiger partial charge in [-0.05, 0) is 37.5 Å². The number of aryl methyl sites for hydroxylation is 1. The molecule has 0 bridgehead atoms. The van der Waals surface area contributed by atoms with Gasteiger partial charge in [-0.15, -0.1) is 0 Å². The molecule has 31 heavy (non-hydrogen) atoms. The molecule has 1 fully saturated rings. The van der Waals surface area contributed by atoms with Crippen LogP contribution in [0.2, 0.25) is 0 Å². The summed E-state index contributed by atoms with van der Waals surface area (Å²) in [5.74, 6) is -1.44. The molecule has 0 saturated carbocycles. The molecule has 9 heteroatoms. The topological polar surface area (TPSA) is 104 Å². The van der Waals surface area contributed by atoms with E-state index in [9.17, 15) is 22.8 Å². The molecule has 1 N–H and O–H groups in total. The number of anilines is 1. The third kappa shape index (κ3) is 4.57. The van der Waals surface area contributed by atoms with Gasteiger partial charge in [0.25, 0.3) is 0 Å². The van der Waals surface area contributed by atoms with Crippen LogP contribution < -0.4 is 5.32 Å². The summed E-state index contributed by atoms with van der Waals surface area (Å²) in [6, 6.07) is 4.63. The molecule has 2 aliphatic rings. The molecule has 2 atom stereocenters. The van der Waals surface area contributed by atoms with E-state index >= 15 is 0 Å². The van der Waals surface area contributed by atoms with Crippen LogP contribution in [0, 0.1) is 18.8 Å². The van der Waals surface area contributed by atoms with E-state index in [1.807, 2.05) is 12.2 Å². The third-order valence-corrected chi connectivity index (χ3v) is 8.03. The minimum atomic E-state index is -3.65. The van der Waals surface area contributed by atoms with E-state index in [1.165, 1.54) is 21.3 Å². The highest BCUT2D eigenvalue weighted by Gasteiger charge is 2.46. The molecule has 1 heterocycles. The number of nitrogens with one attached hydrogen (secondary N) is 1. The van der Waals surface area contributed by atoms with Crippen molar-refractivity contribution in [3.63, 3.8) is 0 Å². The fourth-order valence-electron chi connectivity index (χ4n) is 4.12. The van der Waals surface area contributed by atoms with E-state index < -0.39 is 10.0 Å². The first-order valence-corrected chi connectivity index (χ1v) is 12.1. The van der Waals surface area contributed by atoms with E-state index in [0.717, 1.165) is 5.56 Å². The van der Waals surface area contributed by atoms with E-state index in [-0.39, 0.29) is 47.4 Å². The number of fused-ring (bicyclic) bond motifs is 1. The minimum absolute atomic E-state index is 0.0208. The summed E-state index contributed by atoms with van der Waals surface area (Å²) in [6.07, 6.45) is 4.92. The Morgan fingerprint density at radius 1 is 1.10 bits per heavy atom. The molecule has 0 radical (unpaired) electrons. The number of imide groups is 1. The van der Waals surface area contributed by atoms with Crippen molar-refractivity contribution in [2.45, 2.75) is 44.9 Å².